The van der Waals surface area contributed by atoms with Gasteiger partial charge in [-0.05, 0) is 30.7 Å². The van der Waals surface area contributed by atoms with Crippen molar-refractivity contribution in [2.24, 2.45) is 0 Å². The largest absolute Gasteiger partial charge is 0.486 e. The van der Waals surface area contributed by atoms with E-state index in [9.17, 15) is 0 Å². The van der Waals surface area contributed by atoms with Gasteiger partial charge in [0, 0.05) is 12.4 Å². The molecule has 3 aromatic rings. The quantitative estimate of drug-likeness (QED) is 0.729. The number of pyridine rings is 1. The van der Waals surface area contributed by atoms with Crippen LogP contribution in [0.15, 0.2) is 48.8 Å². The van der Waals surface area contributed by atoms with E-state index in [4.69, 9.17) is 10.00 Å². The number of ether oxygens (including phenoxy) is 1. The Balaban J connectivity index is 1.82. The highest BCUT2D eigenvalue weighted by molar-refractivity contribution is 5.43. The summed E-state index contributed by atoms with van der Waals surface area (Å²) in [4.78, 5) is 4.48. The fourth-order valence-corrected chi connectivity index (χ4v) is 2.06. The molecule has 0 aliphatic heterocycles. The average Bonchev–Trinajstić information content (AvgIpc) is 2.87. The van der Waals surface area contributed by atoms with Gasteiger partial charge >= 0.3 is 0 Å². The summed E-state index contributed by atoms with van der Waals surface area (Å²) >= 11 is 0. The van der Waals surface area contributed by atoms with Crippen LogP contribution in [0, 0.1) is 18.3 Å². The molecule has 0 spiro atoms. The van der Waals surface area contributed by atoms with Crippen LogP contribution in [0.25, 0.3) is 5.65 Å². The number of fused-ring (bicyclic) bond motifs is 1. The number of rotatable bonds is 3. The Labute approximate surface area is 116 Å². The molecule has 98 valence electrons. The number of aromatic nitrogens is 2. The summed E-state index contributed by atoms with van der Waals surface area (Å²) in [5, 5.41) is 9.01. The lowest BCUT2D eigenvalue weighted by molar-refractivity contribution is 0.301. The van der Waals surface area contributed by atoms with Crippen LogP contribution in [0.1, 0.15) is 16.8 Å². The van der Waals surface area contributed by atoms with Crippen molar-refractivity contribution >= 4 is 5.65 Å². The van der Waals surface area contributed by atoms with E-state index in [0.717, 1.165) is 11.3 Å². The lowest BCUT2D eigenvalue weighted by Gasteiger charge is -2.05. The summed E-state index contributed by atoms with van der Waals surface area (Å²) in [6.45, 7) is 2.39. The van der Waals surface area contributed by atoms with Gasteiger partial charge in [0.25, 0.3) is 0 Å². The van der Waals surface area contributed by atoms with Gasteiger partial charge in [0.2, 0.25) is 0 Å². The highest BCUT2D eigenvalue weighted by atomic mass is 16.5. The second kappa shape index (κ2) is 5.06. The molecule has 4 heteroatoms. The summed E-state index contributed by atoms with van der Waals surface area (Å²) in [7, 11) is 0. The Morgan fingerprint density at radius 2 is 2.05 bits per heavy atom. The normalized spacial score (nSPS) is 10.4. The van der Waals surface area contributed by atoms with Gasteiger partial charge in [-0.3, -0.25) is 0 Å². The van der Waals surface area contributed by atoms with Crippen LogP contribution in [0.3, 0.4) is 0 Å². The minimum absolute atomic E-state index is 0.347. The Morgan fingerprint density at radius 3 is 2.90 bits per heavy atom. The number of aryl methyl sites for hydroxylation is 1. The van der Waals surface area contributed by atoms with E-state index >= 15 is 0 Å². The number of hydrogen-bond donors (Lipinski definition) is 0. The molecule has 0 radical (unpaired) electrons. The van der Waals surface area contributed by atoms with Crippen LogP contribution < -0.4 is 4.74 Å². The molecule has 0 N–H and O–H groups in total. The second-order valence-electron chi connectivity index (χ2n) is 4.60. The number of hydrogen-bond acceptors (Lipinski definition) is 3. The van der Waals surface area contributed by atoms with Gasteiger partial charge in [0.05, 0.1) is 11.3 Å². The maximum Gasteiger partial charge on any atom is 0.137 e. The van der Waals surface area contributed by atoms with E-state index in [2.05, 4.69) is 11.1 Å². The van der Waals surface area contributed by atoms with Crippen molar-refractivity contribution in [3.63, 3.8) is 0 Å². The molecule has 0 fully saturated rings. The molecular formula is C16H13N3O. The molecule has 3 rings (SSSR count). The number of para-hydroxylation sites is 1. The molecule has 0 atom stereocenters. The predicted molar refractivity (Wildman–Crippen MR) is 75.4 cm³/mol. The summed E-state index contributed by atoms with van der Waals surface area (Å²) in [6.07, 6.45) is 3.96. The molecule has 0 aliphatic carbocycles. The van der Waals surface area contributed by atoms with Gasteiger partial charge in [-0.1, -0.05) is 18.2 Å². The van der Waals surface area contributed by atoms with Crippen LogP contribution in [0.5, 0.6) is 5.75 Å². The first-order valence-corrected chi connectivity index (χ1v) is 6.32. The third-order valence-electron chi connectivity index (χ3n) is 3.03. The molecule has 0 unspecified atom stereocenters. The smallest absolute Gasteiger partial charge is 0.137 e. The van der Waals surface area contributed by atoms with Gasteiger partial charge in [-0.25, -0.2) is 4.98 Å². The lowest BCUT2D eigenvalue weighted by atomic mass is 10.2. The highest BCUT2D eigenvalue weighted by Crippen LogP contribution is 2.18. The van der Waals surface area contributed by atoms with Crippen LogP contribution >= 0.6 is 0 Å². The first-order valence-electron chi connectivity index (χ1n) is 6.32. The van der Waals surface area contributed by atoms with Crippen molar-refractivity contribution in [1.29, 1.82) is 5.26 Å². The predicted octanol–water partition coefficient (Wildman–Crippen LogP) is 3.09. The fraction of sp³-hybridized carbons (Fsp3) is 0.125. The standard InChI is InChI=1S/C16H13N3O/c1-12-6-7-16-18-14(10-19(16)9-12)11-20-15-5-3-2-4-13(15)8-17/h2-7,9-10H,11H2,1H3. The van der Waals surface area contributed by atoms with Gasteiger partial charge < -0.3 is 9.14 Å². The Kier molecular flexibility index (Phi) is 3.10. The number of nitrogens with zero attached hydrogens (tertiary/aromatic N) is 3. The Bertz CT molecular complexity index is 799. The number of benzene rings is 1. The summed E-state index contributed by atoms with van der Waals surface area (Å²) in [5.41, 5.74) is 3.44. The van der Waals surface area contributed by atoms with Gasteiger partial charge in [0.15, 0.2) is 0 Å². The zero-order valence-corrected chi connectivity index (χ0v) is 11.1. The van der Waals surface area contributed by atoms with Gasteiger partial charge in [-0.2, -0.15) is 5.26 Å². The fourth-order valence-electron chi connectivity index (χ4n) is 2.06. The summed E-state index contributed by atoms with van der Waals surface area (Å²) < 4.78 is 7.65. The molecular weight excluding hydrogens is 250 g/mol. The maximum atomic E-state index is 9.01. The van der Waals surface area contributed by atoms with Crippen LogP contribution in [0.4, 0.5) is 0 Å². The van der Waals surface area contributed by atoms with Crippen molar-refractivity contribution in [3.05, 3.63) is 65.6 Å². The highest BCUT2D eigenvalue weighted by Gasteiger charge is 2.05. The molecule has 0 amide bonds. The zero-order valence-electron chi connectivity index (χ0n) is 11.1. The average molecular weight is 263 g/mol. The second-order valence-corrected chi connectivity index (χ2v) is 4.60. The monoisotopic (exact) mass is 263 g/mol. The van der Waals surface area contributed by atoms with Crippen molar-refractivity contribution < 1.29 is 4.74 Å². The van der Waals surface area contributed by atoms with Crippen LogP contribution in [-0.2, 0) is 6.61 Å². The maximum absolute atomic E-state index is 9.01. The SMILES string of the molecule is Cc1ccc2nc(COc3ccccc3C#N)cn2c1. The third kappa shape index (κ3) is 2.34. The Hall–Kier alpha value is -2.80. The van der Waals surface area contributed by atoms with E-state index in [1.165, 1.54) is 5.56 Å². The molecule has 0 aliphatic rings. The molecule has 0 bridgehead atoms. The molecule has 0 saturated carbocycles. The molecule has 2 aromatic heterocycles. The third-order valence-corrected chi connectivity index (χ3v) is 3.03. The number of imidazole rings is 1. The van der Waals surface area contributed by atoms with E-state index < -0.39 is 0 Å². The van der Waals surface area contributed by atoms with E-state index in [0.29, 0.717) is 17.9 Å². The molecule has 4 nitrogen and oxygen atoms in total. The van der Waals surface area contributed by atoms with Crippen molar-refractivity contribution in [1.82, 2.24) is 9.38 Å². The zero-order chi connectivity index (χ0) is 13.9. The van der Waals surface area contributed by atoms with Gasteiger partial charge in [-0.15, -0.1) is 0 Å². The molecule has 1 aromatic carbocycles. The number of nitriles is 1. The van der Waals surface area contributed by atoms with Crippen molar-refractivity contribution in [2.75, 3.05) is 0 Å². The van der Waals surface area contributed by atoms with E-state index in [-0.39, 0.29) is 0 Å². The van der Waals surface area contributed by atoms with Crippen molar-refractivity contribution in [3.8, 4) is 11.8 Å². The molecule has 2 heterocycles. The first-order chi connectivity index (χ1) is 9.76. The van der Waals surface area contributed by atoms with Crippen molar-refractivity contribution in [2.45, 2.75) is 13.5 Å². The van der Waals surface area contributed by atoms with Crippen LogP contribution in [0.2, 0.25) is 0 Å². The minimum Gasteiger partial charge on any atom is -0.486 e. The summed E-state index contributed by atoms with van der Waals surface area (Å²) in [5.74, 6) is 0.586. The van der Waals surface area contributed by atoms with E-state index in [1.807, 2.05) is 48.0 Å². The summed E-state index contributed by atoms with van der Waals surface area (Å²) in [6, 6.07) is 13.3. The topological polar surface area (TPSA) is 50.3 Å². The first kappa shape index (κ1) is 12.2. The van der Waals surface area contributed by atoms with Gasteiger partial charge in [0.1, 0.15) is 24.1 Å². The van der Waals surface area contributed by atoms with E-state index in [1.54, 1.807) is 12.1 Å². The molecule has 20 heavy (non-hydrogen) atoms. The van der Waals surface area contributed by atoms with Crippen LogP contribution in [-0.4, -0.2) is 9.38 Å². The minimum atomic E-state index is 0.347. The Morgan fingerprint density at radius 1 is 1.20 bits per heavy atom. The molecule has 0 saturated heterocycles. The lowest BCUT2D eigenvalue weighted by Crippen LogP contribution is -1.97.